The van der Waals surface area contributed by atoms with Crippen LogP contribution in [0.4, 0.5) is 4.79 Å². The molecule has 1 aliphatic heterocycles. The second kappa shape index (κ2) is 2.48. The molecule has 0 N–H and O–H groups in total. The molecule has 10 heavy (non-hydrogen) atoms. The number of ether oxygens (including phenoxy) is 2. The highest BCUT2D eigenvalue weighted by atomic mass is 16.8. The molecule has 58 valence electrons. The third-order valence-corrected chi connectivity index (χ3v) is 1.63. The van der Waals surface area contributed by atoms with E-state index in [-0.39, 0.29) is 12.2 Å². The van der Waals surface area contributed by atoms with Gasteiger partial charge in [0.25, 0.3) is 0 Å². The van der Waals surface area contributed by atoms with Gasteiger partial charge in [0.15, 0.2) is 0 Å². The topological polar surface area (TPSA) is 35.5 Å². The van der Waals surface area contributed by atoms with Crippen LogP contribution in [-0.2, 0) is 9.47 Å². The van der Waals surface area contributed by atoms with Crippen LogP contribution in [0.15, 0.2) is 0 Å². The number of cyclic esters (lactones) is 2. The fourth-order valence-electron chi connectivity index (χ4n) is 1.13. The lowest BCUT2D eigenvalue weighted by atomic mass is 10.0. The molecule has 1 fully saturated rings. The van der Waals surface area contributed by atoms with Gasteiger partial charge < -0.3 is 9.47 Å². The van der Waals surface area contributed by atoms with Crippen LogP contribution in [0.5, 0.6) is 0 Å². The van der Waals surface area contributed by atoms with Crippen molar-refractivity contribution in [1.29, 1.82) is 0 Å². The predicted molar refractivity (Wildman–Crippen MR) is 35.7 cm³/mol. The molecular formula is C7H12O3. The number of carbonyl (C=O) groups is 1. The largest absolute Gasteiger partial charge is 0.509 e. The first kappa shape index (κ1) is 7.38. The van der Waals surface area contributed by atoms with Crippen molar-refractivity contribution in [2.24, 2.45) is 5.92 Å². The van der Waals surface area contributed by atoms with E-state index in [4.69, 9.17) is 9.47 Å². The van der Waals surface area contributed by atoms with Gasteiger partial charge >= 0.3 is 6.16 Å². The van der Waals surface area contributed by atoms with Crippen LogP contribution in [0.2, 0.25) is 0 Å². The molecule has 0 aromatic rings. The molecule has 0 amide bonds. The lowest BCUT2D eigenvalue weighted by molar-refractivity contribution is 0.103. The maximum Gasteiger partial charge on any atom is 0.509 e. The van der Waals surface area contributed by atoms with Gasteiger partial charge in [-0.2, -0.15) is 0 Å². The average Bonchev–Trinajstić information content (AvgIpc) is 2.10. The molecule has 1 aliphatic rings. The number of hydrogen-bond donors (Lipinski definition) is 0. The summed E-state index contributed by atoms with van der Waals surface area (Å²) in [5, 5.41) is 0. The minimum absolute atomic E-state index is 0.0625. The van der Waals surface area contributed by atoms with E-state index >= 15 is 0 Å². The fourth-order valence-corrected chi connectivity index (χ4v) is 1.13. The minimum atomic E-state index is -0.536. The molecule has 0 spiro atoms. The molecule has 1 heterocycles. The molecule has 1 rings (SSSR count). The van der Waals surface area contributed by atoms with Crippen molar-refractivity contribution in [3.05, 3.63) is 0 Å². The van der Waals surface area contributed by atoms with E-state index in [1.807, 2.05) is 20.8 Å². The number of rotatable bonds is 1. The van der Waals surface area contributed by atoms with Crippen molar-refractivity contribution in [3.8, 4) is 0 Å². The monoisotopic (exact) mass is 144 g/mol. The quantitative estimate of drug-likeness (QED) is 0.524. The van der Waals surface area contributed by atoms with E-state index < -0.39 is 6.16 Å². The van der Waals surface area contributed by atoms with Gasteiger partial charge in [0.1, 0.15) is 12.2 Å². The van der Waals surface area contributed by atoms with E-state index in [1.165, 1.54) is 0 Å². The van der Waals surface area contributed by atoms with Gasteiger partial charge in [-0.1, -0.05) is 13.8 Å². The van der Waals surface area contributed by atoms with E-state index in [2.05, 4.69) is 0 Å². The van der Waals surface area contributed by atoms with Crippen molar-refractivity contribution < 1.29 is 14.3 Å². The zero-order chi connectivity index (χ0) is 7.72. The van der Waals surface area contributed by atoms with E-state index in [0.717, 1.165) is 0 Å². The molecule has 0 aromatic heterocycles. The zero-order valence-electron chi connectivity index (χ0n) is 6.46. The molecule has 3 heteroatoms. The van der Waals surface area contributed by atoms with Crippen LogP contribution in [0, 0.1) is 5.92 Å². The third kappa shape index (κ3) is 1.23. The van der Waals surface area contributed by atoms with E-state index in [9.17, 15) is 4.79 Å². The molecule has 0 aliphatic carbocycles. The lowest BCUT2D eigenvalue weighted by Crippen LogP contribution is -2.24. The fraction of sp³-hybridized carbons (Fsp3) is 0.857. The second-order valence-corrected chi connectivity index (χ2v) is 2.90. The molecule has 2 atom stereocenters. The second-order valence-electron chi connectivity index (χ2n) is 2.90. The van der Waals surface area contributed by atoms with Crippen molar-refractivity contribution >= 4 is 6.16 Å². The highest BCUT2D eigenvalue weighted by Gasteiger charge is 2.34. The molecular weight excluding hydrogens is 132 g/mol. The molecule has 0 bridgehead atoms. The summed E-state index contributed by atoms with van der Waals surface area (Å²) in [5.41, 5.74) is 0. The number of carbonyl (C=O) groups excluding carboxylic acids is 1. The third-order valence-electron chi connectivity index (χ3n) is 1.63. The first-order chi connectivity index (χ1) is 4.61. The summed E-state index contributed by atoms with van der Waals surface area (Å²) >= 11 is 0. The summed E-state index contributed by atoms with van der Waals surface area (Å²) in [6.45, 7) is 5.85. The van der Waals surface area contributed by atoms with Crippen molar-refractivity contribution in [1.82, 2.24) is 0 Å². The van der Waals surface area contributed by atoms with Crippen molar-refractivity contribution in [3.63, 3.8) is 0 Å². The molecule has 2 unspecified atom stereocenters. The maximum atomic E-state index is 10.5. The summed E-state index contributed by atoms with van der Waals surface area (Å²) in [6.07, 6.45) is -0.689. The van der Waals surface area contributed by atoms with Gasteiger partial charge in [-0.05, 0) is 12.8 Å². The summed E-state index contributed by atoms with van der Waals surface area (Å²) in [4.78, 5) is 10.5. The Labute approximate surface area is 60.3 Å². The summed E-state index contributed by atoms with van der Waals surface area (Å²) < 4.78 is 9.65. The van der Waals surface area contributed by atoms with Crippen LogP contribution in [0.1, 0.15) is 20.8 Å². The molecule has 1 saturated heterocycles. The highest BCUT2D eigenvalue weighted by molar-refractivity contribution is 5.62. The first-order valence-corrected chi connectivity index (χ1v) is 3.48. The Morgan fingerprint density at radius 1 is 1.40 bits per heavy atom. The molecule has 3 nitrogen and oxygen atoms in total. The zero-order valence-corrected chi connectivity index (χ0v) is 6.46. The van der Waals surface area contributed by atoms with Gasteiger partial charge in [0.2, 0.25) is 0 Å². The average molecular weight is 144 g/mol. The first-order valence-electron chi connectivity index (χ1n) is 3.48. The standard InChI is InChI=1S/C7H12O3/c1-4(2)6-5(3)9-7(8)10-6/h4-6H,1-3H3. The Bertz CT molecular complexity index is 142. The van der Waals surface area contributed by atoms with Gasteiger partial charge in [0.05, 0.1) is 0 Å². The van der Waals surface area contributed by atoms with Crippen molar-refractivity contribution in [2.45, 2.75) is 33.0 Å². The van der Waals surface area contributed by atoms with Gasteiger partial charge in [-0.25, -0.2) is 4.79 Å². The summed E-state index contributed by atoms with van der Waals surface area (Å²) in [6, 6.07) is 0. The Balaban J connectivity index is 2.54. The highest BCUT2D eigenvalue weighted by Crippen LogP contribution is 2.20. The Hall–Kier alpha value is -0.730. The van der Waals surface area contributed by atoms with Gasteiger partial charge in [0, 0.05) is 0 Å². The minimum Gasteiger partial charge on any atom is -0.427 e. The van der Waals surface area contributed by atoms with Crippen molar-refractivity contribution in [2.75, 3.05) is 0 Å². The van der Waals surface area contributed by atoms with Gasteiger partial charge in [-0.3, -0.25) is 0 Å². The van der Waals surface area contributed by atoms with Gasteiger partial charge in [-0.15, -0.1) is 0 Å². The smallest absolute Gasteiger partial charge is 0.427 e. The normalized spacial score (nSPS) is 32.2. The molecule has 0 radical (unpaired) electrons. The maximum absolute atomic E-state index is 10.5. The van der Waals surface area contributed by atoms with E-state index in [0.29, 0.717) is 5.92 Å². The number of hydrogen-bond acceptors (Lipinski definition) is 3. The van der Waals surface area contributed by atoms with Crippen LogP contribution in [0.3, 0.4) is 0 Å². The SMILES string of the molecule is CC(C)C1OC(=O)OC1C. The van der Waals surface area contributed by atoms with Crippen LogP contribution < -0.4 is 0 Å². The Morgan fingerprint density at radius 2 is 2.00 bits per heavy atom. The predicted octanol–water partition coefficient (Wildman–Crippen LogP) is 1.57. The Kier molecular flexibility index (Phi) is 1.83. The van der Waals surface area contributed by atoms with E-state index in [1.54, 1.807) is 0 Å². The molecule has 0 saturated carbocycles. The Morgan fingerprint density at radius 3 is 2.20 bits per heavy atom. The van der Waals surface area contributed by atoms with Crippen LogP contribution in [0.25, 0.3) is 0 Å². The summed E-state index contributed by atoms with van der Waals surface area (Å²) in [7, 11) is 0. The lowest BCUT2D eigenvalue weighted by Gasteiger charge is -2.13. The summed E-state index contributed by atoms with van der Waals surface area (Å²) in [5.74, 6) is 0.335. The van der Waals surface area contributed by atoms with Crippen LogP contribution >= 0.6 is 0 Å². The molecule has 0 aromatic carbocycles. The van der Waals surface area contributed by atoms with Crippen LogP contribution in [-0.4, -0.2) is 18.4 Å².